The van der Waals surface area contributed by atoms with Gasteiger partial charge in [-0.25, -0.2) is 27.9 Å². The zero-order valence-corrected chi connectivity index (χ0v) is 20.9. The molecule has 0 spiro atoms. The average molecular weight is 555 g/mol. The van der Waals surface area contributed by atoms with Gasteiger partial charge >= 0.3 is 6.18 Å². The molecule has 4 heterocycles. The van der Waals surface area contributed by atoms with E-state index >= 15 is 0 Å². The number of aromatic nitrogens is 6. The van der Waals surface area contributed by atoms with Crippen LogP contribution in [0.2, 0.25) is 10.0 Å². The maximum absolute atomic E-state index is 13.2. The normalized spacial score (nSPS) is 12.6. The molecular formula is C22H15Cl2F3N6O2S. The van der Waals surface area contributed by atoms with E-state index in [-0.39, 0.29) is 44.0 Å². The second kappa shape index (κ2) is 8.43. The lowest BCUT2D eigenvalue weighted by molar-refractivity contribution is -0.137. The molecule has 0 aliphatic carbocycles. The lowest BCUT2D eigenvalue weighted by atomic mass is 10.1. The maximum Gasteiger partial charge on any atom is 0.417 e. The Labute approximate surface area is 212 Å². The first-order valence-corrected chi connectivity index (χ1v) is 12.8. The first kappa shape index (κ1) is 24.5. The van der Waals surface area contributed by atoms with Crippen molar-refractivity contribution in [1.82, 2.24) is 29.1 Å². The first-order valence-electron chi connectivity index (χ1n) is 10.4. The highest BCUT2D eigenvalue weighted by Crippen LogP contribution is 2.36. The van der Waals surface area contributed by atoms with Gasteiger partial charge in [0.05, 0.1) is 27.1 Å². The molecule has 8 nitrogen and oxygen atoms in total. The summed E-state index contributed by atoms with van der Waals surface area (Å²) >= 11 is 12.2. The van der Waals surface area contributed by atoms with E-state index in [1.54, 1.807) is 24.3 Å². The second-order valence-corrected chi connectivity index (χ2v) is 10.8. The molecule has 0 atom stereocenters. The molecule has 186 valence electrons. The predicted octanol–water partition coefficient (Wildman–Crippen LogP) is 5.46. The Morgan fingerprint density at radius 3 is 2.44 bits per heavy atom. The van der Waals surface area contributed by atoms with Crippen LogP contribution in [0.15, 0.2) is 47.8 Å². The molecule has 4 aromatic heterocycles. The number of pyridine rings is 1. The minimum Gasteiger partial charge on any atom is -0.312 e. The molecule has 0 aliphatic rings. The summed E-state index contributed by atoms with van der Waals surface area (Å²) in [5.41, 5.74) is 0.357. The van der Waals surface area contributed by atoms with Crippen molar-refractivity contribution >= 4 is 49.9 Å². The molecule has 1 aromatic carbocycles. The first-order chi connectivity index (χ1) is 16.9. The molecule has 0 radical (unpaired) electrons. The predicted molar refractivity (Wildman–Crippen MR) is 129 cm³/mol. The lowest BCUT2D eigenvalue weighted by Crippen LogP contribution is -2.07. The quantitative estimate of drug-likeness (QED) is 0.292. The van der Waals surface area contributed by atoms with Gasteiger partial charge < -0.3 is 4.57 Å². The third kappa shape index (κ3) is 3.89. The van der Waals surface area contributed by atoms with Crippen LogP contribution in [0.5, 0.6) is 0 Å². The molecule has 0 N–H and O–H groups in total. The van der Waals surface area contributed by atoms with Crippen molar-refractivity contribution in [3.8, 4) is 22.6 Å². The molecule has 0 fully saturated rings. The third-order valence-electron chi connectivity index (χ3n) is 5.64. The monoisotopic (exact) mass is 554 g/mol. The van der Waals surface area contributed by atoms with Gasteiger partial charge in [-0.2, -0.15) is 18.3 Å². The van der Waals surface area contributed by atoms with Crippen molar-refractivity contribution in [2.24, 2.45) is 7.05 Å². The third-order valence-corrected chi connectivity index (χ3v) is 8.01. The smallest absolute Gasteiger partial charge is 0.312 e. The molecular weight excluding hydrogens is 540 g/mol. The molecule has 36 heavy (non-hydrogen) atoms. The van der Waals surface area contributed by atoms with Crippen molar-refractivity contribution in [2.45, 2.75) is 18.1 Å². The maximum atomic E-state index is 13.2. The fourth-order valence-electron chi connectivity index (χ4n) is 3.80. The van der Waals surface area contributed by atoms with E-state index in [9.17, 15) is 21.6 Å². The topological polar surface area (TPSA) is 95.0 Å². The van der Waals surface area contributed by atoms with Crippen molar-refractivity contribution in [3.63, 3.8) is 0 Å². The van der Waals surface area contributed by atoms with E-state index in [1.807, 2.05) is 0 Å². The molecule has 5 rings (SSSR count). The van der Waals surface area contributed by atoms with Gasteiger partial charge in [0.2, 0.25) is 0 Å². The number of aryl methyl sites for hydroxylation is 1. The van der Waals surface area contributed by atoms with Crippen LogP contribution in [-0.2, 0) is 23.1 Å². The van der Waals surface area contributed by atoms with Crippen molar-refractivity contribution in [3.05, 3.63) is 58.3 Å². The number of alkyl halides is 3. The fourth-order valence-corrected chi connectivity index (χ4v) is 5.08. The Balaban J connectivity index is 1.84. The van der Waals surface area contributed by atoms with Gasteiger partial charge in [-0.15, -0.1) is 0 Å². The highest BCUT2D eigenvalue weighted by atomic mass is 35.5. The standard InChI is InChI=1S/C22H15Cl2F3N6O2S/c1-3-36(34,35)21-17(20-30-15-9-12(22(25,26)27)10-29-18(15)32(20)2)19-28-7-6-16(33(19)31-21)11-4-5-13(23)14(24)8-11/h4-10H,3H2,1-2H3. The second-order valence-electron chi connectivity index (χ2n) is 7.84. The highest BCUT2D eigenvalue weighted by Gasteiger charge is 2.33. The molecule has 0 bridgehead atoms. The van der Waals surface area contributed by atoms with Crippen LogP contribution >= 0.6 is 23.2 Å². The van der Waals surface area contributed by atoms with Crippen LogP contribution in [0.1, 0.15) is 12.5 Å². The van der Waals surface area contributed by atoms with Crippen LogP contribution in [-0.4, -0.2) is 43.3 Å². The lowest BCUT2D eigenvalue weighted by Gasteiger charge is -2.06. The zero-order chi connectivity index (χ0) is 26.0. The largest absolute Gasteiger partial charge is 0.417 e. The van der Waals surface area contributed by atoms with E-state index in [0.717, 1.165) is 6.07 Å². The molecule has 5 aromatic rings. The Morgan fingerprint density at radius 1 is 1.03 bits per heavy atom. The summed E-state index contributed by atoms with van der Waals surface area (Å²) in [5, 5.41) is 4.68. The number of hydrogen-bond acceptors (Lipinski definition) is 6. The number of benzene rings is 1. The molecule has 0 saturated carbocycles. The van der Waals surface area contributed by atoms with Crippen LogP contribution < -0.4 is 0 Å². The van der Waals surface area contributed by atoms with Gasteiger partial charge in [0.15, 0.2) is 26.2 Å². The number of nitrogens with zero attached hydrogens (tertiary/aromatic N) is 6. The molecule has 14 heteroatoms. The van der Waals surface area contributed by atoms with Crippen molar-refractivity contribution < 1.29 is 21.6 Å². The van der Waals surface area contributed by atoms with E-state index < -0.39 is 21.6 Å². The zero-order valence-electron chi connectivity index (χ0n) is 18.5. The number of hydrogen-bond donors (Lipinski definition) is 0. The fraction of sp³-hybridized carbons (Fsp3) is 0.182. The Morgan fingerprint density at radius 2 is 1.78 bits per heavy atom. The Kier molecular flexibility index (Phi) is 5.73. The van der Waals surface area contributed by atoms with Gasteiger partial charge in [-0.05, 0) is 24.3 Å². The summed E-state index contributed by atoms with van der Waals surface area (Å²) < 4.78 is 68.6. The number of halogens is 5. The minimum atomic E-state index is -4.61. The Bertz CT molecular complexity index is 1780. The van der Waals surface area contributed by atoms with Gasteiger partial charge in [0.25, 0.3) is 0 Å². The summed E-state index contributed by atoms with van der Waals surface area (Å²) in [7, 11) is -2.38. The number of imidazole rings is 1. The molecule has 0 amide bonds. The minimum absolute atomic E-state index is 0.0489. The van der Waals surface area contributed by atoms with E-state index in [1.165, 1.54) is 29.3 Å². The van der Waals surface area contributed by atoms with Gasteiger partial charge in [-0.1, -0.05) is 36.2 Å². The van der Waals surface area contributed by atoms with Gasteiger partial charge in [-0.3, -0.25) is 0 Å². The summed E-state index contributed by atoms with van der Waals surface area (Å²) in [5.74, 6) is -0.218. The molecule has 0 unspecified atom stereocenters. The van der Waals surface area contributed by atoms with Crippen molar-refractivity contribution in [2.75, 3.05) is 5.75 Å². The van der Waals surface area contributed by atoms with E-state index in [2.05, 4.69) is 20.1 Å². The summed E-state index contributed by atoms with van der Waals surface area (Å²) in [4.78, 5) is 12.6. The van der Waals surface area contributed by atoms with Crippen LogP contribution in [0.25, 0.3) is 39.5 Å². The summed E-state index contributed by atoms with van der Waals surface area (Å²) in [6.45, 7) is 1.46. The molecule has 0 aliphatic heterocycles. The Hall–Kier alpha value is -3.22. The summed E-state index contributed by atoms with van der Waals surface area (Å²) in [6.07, 6.45) is -2.45. The van der Waals surface area contributed by atoms with Crippen LogP contribution in [0.3, 0.4) is 0 Å². The van der Waals surface area contributed by atoms with Gasteiger partial charge in [0, 0.05) is 25.0 Å². The SMILES string of the molecule is CCS(=O)(=O)c1nn2c(-c3ccc(Cl)c(Cl)c3)ccnc2c1-c1nc2cc(C(F)(F)F)cnc2n1C. The highest BCUT2D eigenvalue weighted by molar-refractivity contribution is 7.91. The van der Waals surface area contributed by atoms with E-state index in [0.29, 0.717) is 22.5 Å². The average Bonchev–Trinajstić information content (AvgIpc) is 3.38. The number of sulfone groups is 1. The molecule has 0 saturated heterocycles. The number of rotatable bonds is 4. The number of fused-ring (bicyclic) bond motifs is 2. The van der Waals surface area contributed by atoms with E-state index in [4.69, 9.17) is 23.2 Å². The van der Waals surface area contributed by atoms with Crippen LogP contribution in [0, 0.1) is 0 Å². The van der Waals surface area contributed by atoms with Crippen LogP contribution in [0.4, 0.5) is 13.2 Å². The van der Waals surface area contributed by atoms with Crippen molar-refractivity contribution in [1.29, 1.82) is 0 Å². The summed E-state index contributed by atoms with van der Waals surface area (Å²) in [6, 6.07) is 7.37. The van der Waals surface area contributed by atoms with Gasteiger partial charge in [0.1, 0.15) is 16.9 Å².